The zero-order valence-electron chi connectivity index (χ0n) is 15.5. The summed E-state index contributed by atoms with van der Waals surface area (Å²) in [4.78, 5) is 25.0. The standard InChI is InChI=1S/C21H26N2O3/c1-15(22-16(2)25)13-17-7-9-18(10-8-17)19-5-4-6-20(14-19)21(26)23(3)11-12-24/h4-10,14-15,24H,11-13H2,1-3H3,(H,22,25). The normalized spacial score (nSPS) is 11.7. The van der Waals surface area contributed by atoms with Gasteiger partial charge in [0, 0.05) is 32.1 Å². The van der Waals surface area contributed by atoms with E-state index in [0.717, 1.165) is 23.1 Å². The number of amides is 2. The molecule has 0 saturated carbocycles. The third-order valence-corrected chi connectivity index (χ3v) is 4.17. The molecule has 5 heteroatoms. The van der Waals surface area contributed by atoms with Crippen LogP contribution in [-0.2, 0) is 11.2 Å². The number of benzene rings is 2. The quantitative estimate of drug-likeness (QED) is 0.803. The van der Waals surface area contributed by atoms with Gasteiger partial charge in [-0.3, -0.25) is 9.59 Å². The van der Waals surface area contributed by atoms with Gasteiger partial charge in [-0.2, -0.15) is 0 Å². The molecule has 1 atom stereocenters. The van der Waals surface area contributed by atoms with Gasteiger partial charge in [0.25, 0.3) is 5.91 Å². The van der Waals surface area contributed by atoms with Crippen LogP contribution in [0.15, 0.2) is 48.5 Å². The van der Waals surface area contributed by atoms with Crippen molar-refractivity contribution in [3.63, 3.8) is 0 Å². The van der Waals surface area contributed by atoms with Crippen molar-refractivity contribution in [1.29, 1.82) is 0 Å². The van der Waals surface area contributed by atoms with E-state index in [1.54, 1.807) is 13.1 Å². The highest BCUT2D eigenvalue weighted by atomic mass is 16.3. The van der Waals surface area contributed by atoms with E-state index >= 15 is 0 Å². The summed E-state index contributed by atoms with van der Waals surface area (Å²) in [6.45, 7) is 3.75. The summed E-state index contributed by atoms with van der Waals surface area (Å²) in [5.74, 6) is -0.136. The lowest BCUT2D eigenvalue weighted by Gasteiger charge is -2.16. The number of hydrogen-bond donors (Lipinski definition) is 2. The maximum absolute atomic E-state index is 12.4. The molecule has 0 aliphatic heterocycles. The Morgan fingerprint density at radius 2 is 1.81 bits per heavy atom. The smallest absolute Gasteiger partial charge is 0.253 e. The van der Waals surface area contributed by atoms with Crippen molar-refractivity contribution in [1.82, 2.24) is 10.2 Å². The van der Waals surface area contributed by atoms with Crippen LogP contribution in [0.2, 0.25) is 0 Å². The Labute approximate surface area is 154 Å². The van der Waals surface area contributed by atoms with E-state index in [0.29, 0.717) is 12.1 Å². The minimum absolute atomic E-state index is 0.0261. The van der Waals surface area contributed by atoms with Crippen LogP contribution in [0.1, 0.15) is 29.8 Å². The molecule has 0 radical (unpaired) electrons. The molecule has 2 rings (SSSR count). The Morgan fingerprint density at radius 3 is 2.42 bits per heavy atom. The van der Waals surface area contributed by atoms with E-state index in [1.165, 1.54) is 11.8 Å². The van der Waals surface area contributed by atoms with E-state index in [-0.39, 0.29) is 24.5 Å². The minimum Gasteiger partial charge on any atom is -0.395 e. The second kappa shape index (κ2) is 9.15. The molecule has 0 saturated heterocycles. The first-order valence-corrected chi connectivity index (χ1v) is 8.73. The van der Waals surface area contributed by atoms with Gasteiger partial charge in [0.1, 0.15) is 0 Å². The van der Waals surface area contributed by atoms with Crippen LogP contribution in [0.3, 0.4) is 0 Å². The first kappa shape index (κ1) is 19.7. The van der Waals surface area contributed by atoms with Gasteiger partial charge < -0.3 is 15.3 Å². The molecule has 0 aliphatic rings. The summed E-state index contributed by atoms with van der Waals surface area (Å²) in [5.41, 5.74) is 3.74. The van der Waals surface area contributed by atoms with Crippen molar-refractivity contribution in [2.24, 2.45) is 0 Å². The summed E-state index contributed by atoms with van der Waals surface area (Å²) in [6, 6.07) is 15.7. The molecule has 26 heavy (non-hydrogen) atoms. The molecule has 2 aromatic rings. The lowest BCUT2D eigenvalue weighted by atomic mass is 9.99. The molecule has 0 bridgehead atoms. The number of carbonyl (C=O) groups excluding carboxylic acids is 2. The third-order valence-electron chi connectivity index (χ3n) is 4.17. The molecule has 2 amide bonds. The Bertz CT molecular complexity index is 756. The summed E-state index contributed by atoms with van der Waals surface area (Å²) in [5, 5.41) is 11.9. The zero-order valence-corrected chi connectivity index (χ0v) is 15.5. The lowest BCUT2D eigenvalue weighted by Crippen LogP contribution is -2.31. The van der Waals surface area contributed by atoms with Crippen LogP contribution >= 0.6 is 0 Å². The molecule has 2 N–H and O–H groups in total. The van der Waals surface area contributed by atoms with E-state index in [9.17, 15) is 9.59 Å². The molecule has 0 spiro atoms. The van der Waals surface area contributed by atoms with Crippen LogP contribution in [0.4, 0.5) is 0 Å². The average molecular weight is 354 g/mol. The predicted octanol–water partition coefficient (Wildman–Crippen LogP) is 2.49. The van der Waals surface area contributed by atoms with Gasteiger partial charge >= 0.3 is 0 Å². The van der Waals surface area contributed by atoms with Gasteiger partial charge in [-0.15, -0.1) is 0 Å². The van der Waals surface area contributed by atoms with Crippen LogP contribution in [0, 0.1) is 0 Å². The predicted molar refractivity (Wildman–Crippen MR) is 103 cm³/mol. The zero-order chi connectivity index (χ0) is 19.1. The van der Waals surface area contributed by atoms with E-state index in [1.807, 2.05) is 49.4 Å². The van der Waals surface area contributed by atoms with Gasteiger partial charge in [0.05, 0.1) is 6.61 Å². The lowest BCUT2D eigenvalue weighted by molar-refractivity contribution is -0.119. The third kappa shape index (κ3) is 5.43. The number of aliphatic hydroxyl groups excluding tert-OH is 1. The molecule has 0 fully saturated rings. The summed E-state index contributed by atoms with van der Waals surface area (Å²) < 4.78 is 0. The number of hydrogen-bond acceptors (Lipinski definition) is 3. The fraction of sp³-hybridized carbons (Fsp3) is 0.333. The van der Waals surface area contributed by atoms with Crippen molar-refractivity contribution in [2.45, 2.75) is 26.3 Å². The Kier molecular flexibility index (Phi) is 6.92. The van der Waals surface area contributed by atoms with Crippen molar-refractivity contribution in [3.8, 4) is 11.1 Å². The first-order valence-electron chi connectivity index (χ1n) is 8.73. The van der Waals surface area contributed by atoms with E-state index in [4.69, 9.17) is 5.11 Å². The van der Waals surface area contributed by atoms with Gasteiger partial charge in [-0.1, -0.05) is 36.4 Å². The Hall–Kier alpha value is -2.66. The molecule has 138 valence electrons. The van der Waals surface area contributed by atoms with Gasteiger partial charge in [-0.05, 0) is 42.2 Å². The van der Waals surface area contributed by atoms with E-state index < -0.39 is 0 Å². The maximum atomic E-state index is 12.4. The summed E-state index contributed by atoms with van der Waals surface area (Å²) in [7, 11) is 1.68. The first-order chi connectivity index (χ1) is 12.4. The van der Waals surface area contributed by atoms with E-state index in [2.05, 4.69) is 5.32 Å². The highest BCUT2D eigenvalue weighted by molar-refractivity contribution is 5.95. The SMILES string of the molecule is CC(=O)NC(C)Cc1ccc(-c2cccc(C(=O)N(C)CCO)c2)cc1. The van der Waals surface area contributed by atoms with Crippen molar-refractivity contribution in [3.05, 3.63) is 59.7 Å². The number of nitrogens with one attached hydrogen (secondary N) is 1. The molecular formula is C21H26N2O3. The monoisotopic (exact) mass is 354 g/mol. The highest BCUT2D eigenvalue weighted by Gasteiger charge is 2.12. The fourth-order valence-corrected chi connectivity index (χ4v) is 2.89. The number of likely N-dealkylation sites (N-methyl/N-ethyl adjacent to an activating group) is 1. The highest BCUT2D eigenvalue weighted by Crippen LogP contribution is 2.22. The Morgan fingerprint density at radius 1 is 1.12 bits per heavy atom. The van der Waals surface area contributed by atoms with Crippen LogP contribution in [0.25, 0.3) is 11.1 Å². The van der Waals surface area contributed by atoms with Gasteiger partial charge in [0.15, 0.2) is 0 Å². The number of aliphatic hydroxyl groups is 1. The van der Waals surface area contributed by atoms with Crippen molar-refractivity contribution in [2.75, 3.05) is 20.2 Å². The van der Waals surface area contributed by atoms with Crippen molar-refractivity contribution < 1.29 is 14.7 Å². The summed E-state index contributed by atoms with van der Waals surface area (Å²) in [6.07, 6.45) is 0.768. The number of rotatable bonds is 7. The molecule has 0 aliphatic carbocycles. The second-order valence-corrected chi connectivity index (χ2v) is 6.53. The maximum Gasteiger partial charge on any atom is 0.253 e. The molecular weight excluding hydrogens is 328 g/mol. The topological polar surface area (TPSA) is 69.6 Å². The van der Waals surface area contributed by atoms with Crippen molar-refractivity contribution >= 4 is 11.8 Å². The van der Waals surface area contributed by atoms with Crippen LogP contribution in [0.5, 0.6) is 0 Å². The largest absolute Gasteiger partial charge is 0.395 e. The molecule has 0 heterocycles. The summed E-state index contributed by atoms with van der Waals surface area (Å²) >= 11 is 0. The second-order valence-electron chi connectivity index (χ2n) is 6.53. The fourth-order valence-electron chi connectivity index (χ4n) is 2.89. The molecule has 1 unspecified atom stereocenters. The number of nitrogens with zero attached hydrogens (tertiary/aromatic N) is 1. The molecule has 5 nitrogen and oxygen atoms in total. The van der Waals surface area contributed by atoms with Crippen LogP contribution in [-0.4, -0.2) is 48.1 Å². The average Bonchev–Trinajstić information content (AvgIpc) is 2.61. The number of carbonyl (C=O) groups is 2. The van der Waals surface area contributed by atoms with Gasteiger partial charge in [-0.25, -0.2) is 0 Å². The van der Waals surface area contributed by atoms with Gasteiger partial charge in [0.2, 0.25) is 5.91 Å². The van der Waals surface area contributed by atoms with Crippen LogP contribution < -0.4 is 5.32 Å². The minimum atomic E-state index is -0.110. The molecule has 2 aromatic carbocycles. The molecule has 0 aromatic heterocycles. The Balaban J connectivity index is 2.13.